The smallest absolute Gasteiger partial charge is 0.259 e. The maximum atomic E-state index is 5.68. The second-order valence-electron chi connectivity index (χ2n) is 3.94. The van der Waals surface area contributed by atoms with Gasteiger partial charge in [0.05, 0.1) is 11.3 Å². The number of halogens is 1. The Bertz CT molecular complexity index is 666. The third kappa shape index (κ3) is 2.48. The van der Waals surface area contributed by atoms with Crippen LogP contribution in [-0.4, -0.2) is 15.1 Å². The molecule has 0 aliphatic carbocycles. The fraction of sp³-hybridized carbons (Fsp3) is 0. The Balaban J connectivity index is 2.00. The molecule has 0 unspecified atom stereocenters. The fourth-order valence-corrected chi connectivity index (χ4v) is 2.06. The molecule has 2 aromatic heterocycles. The molecule has 0 radical (unpaired) electrons. The molecule has 0 spiro atoms. The lowest BCUT2D eigenvalue weighted by Crippen LogP contribution is -1.87. The number of hydrogen-bond donors (Lipinski definition) is 1. The molecule has 3 aromatic rings. The predicted octanol–water partition coefficient (Wildman–Crippen LogP) is 3.14. The first-order valence-electron chi connectivity index (χ1n) is 5.53. The second kappa shape index (κ2) is 4.81. The summed E-state index contributed by atoms with van der Waals surface area (Å²) in [5.41, 5.74) is 7.81. The quantitative estimate of drug-likeness (QED) is 0.785. The van der Waals surface area contributed by atoms with E-state index in [2.05, 4.69) is 31.1 Å². The van der Waals surface area contributed by atoms with Gasteiger partial charge in [0, 0.05) is 22.4 Å². The summed E-state index contributed by atoms with van der Waals surface area (Å²) in [6.45, 7) is 0. The summed E-state index contributed by atoms with van der Waals surface area (Å²) in [4.78, 5) is 8.34. The maximum absolute atomic E-state index is 5.68. The molecule has 94 valence electrons. The number of nitrogens with two attached hydrogens (primary N) is 1. The van der Waals surface area contributed by atoms with Gasteiger partial charge in [0.25, 0.3) is 5.89 Å². The molecule has 5 nitrogen and oxygen atoms in total. The summed E-state index contributed by atoms with van der Waals surface area (Å²) in [5.74, 6) is 0.925. The number of nitrogen functional groups attached to an aromatic ring is 1. The van der Waals surface area contributed by atoms with Crippen LogP contribution in [0.15, 0.2) is 51.7 Å². The molecule has 1 aromatic carbocycles. The van der Waals surface area contributed by atoms with Crippen LogP contribution in [0.25, 0.3) is 22.8 Å². The van der Waals surface area contributed by atoms with Gasteiger partial charge in [-0.25, -0.2) is 0 Å². The average molecular weight is 317 g/mol. The molecule has 0 aliphatic rings. The van der Waals surface area contributed by atoms with Gasteiger partial charge < -0.3 is 10.3 Å². The first kappa shape index (κ1) is 11.9. The highest BCUT2D eigenvalue weighted by Crippen LogP contribution is 2.24. The third-order valence-corrected chi connectivity index (χ3v) is 3.01. The van der Waals surface area contributed by atoms with E-state index in [1.165, 1.54) is 0 Å². The number of nitrogens with zero attached hydrogens (tertiary/aromatic N) is 3. The van der Waals surface area contributed by atoms with Crippen molar-refractivity contribution in [3.8, 4) is 22.8 Å². The maximum Gasteiger partial charge on any atom is 0.259 e. The van der Waals surface area contributed by atoms with Crippen molar-refractivity contribution in [3.63, 3.8) is 0 Å². The van der Waals surface area contributed by atoms with Crippen LogP contribution in [0, 0.1) is 0 Å². The van der Waals surface area contributed by atoms with E-state index in [1.807, 2.05) is 24.3 Å². The van der Waals surface area contributed by atoms with Crippen LogP contribution in [0.3, 0.4) is 0 Å². The molecule has 0 saturated carbocycles. The van der Waals surface area contributed by atoms with Gasteiger partial charge in [-0.05, 0) is 18.2 Å². The molecule has 0 aliphatic heterocycles. The van der Waals surface area contributed by atoms with E-state index < -0.39 is 0 Å². The van der Waals surface area contributed by atoms with Gasteiger partial charge in [0.15, 0.2) is 0 Å². The summed E-state index contributed by atoms with van der Waals surface area (Å²) in [6.07, 6.45) is 3.20. The van der Waals surface area contributed by atoms with Crippen molar-refractivity contribution in [2.24, 2.45) is 0 Å². The zero-order chi connectivity index (χ0) is 13.2. The first-order valence-corrected chi connectivity index (χ1v) is 6.32. The molecule has 0 saturated heterocycles. The van der Waals surface area contributed by atoms with E-state index in [9.17, 15) is 0 Å². The summed E-state index contributed by atoms with van der Waals surface area (Å²) in [7, 11) is 0. The Kier molecular flexibility index (Phi) is 3.00. The molecular formula is C13H9BrN4O. The number of aromatic nitrogens is 3. The van der Waals surface area contributed by atoms with E-state index >= 15 is 0 Å². The lowest BCUT2D eigenvalue weighted by atomic mass is 10.2. The number of benzene rings is 1. The summed E-state index contributed by atoms with van der Waals surface area (Å²) in [6, 6.07) is 9.43. The van der Waals surface area contributed by atoms with Crippen LogP contribution in [0.2, 0.25) is 0 Å². The van der Waals surface area contributed by atoms with Gasteiger partial charge in [-0.15, -0.1) is 0 Å². The molecule has 19 heavy (non-hydrogen) atoms. The largest absolute Gasteiger partial charge is 0.397 e. The standard InChI is InChI=1S/C13H9BrN4O/c14-10-3-1-2-8(4-10)12-17-13(19-18-12)9-5-11(15)7-16-6-9/h1-7H,15H2. The zero-order valence-corrected chi connectivity index (χ0v) is 11.3. The molecule has 0 atom stereocenters. The topological polar surface area (TPSA) is 77.8 Å². The second-order valence-corrected chi connectivity index (χ2v) is 4.86. The Labute approximate surface area is 117 Å². The predicted molar refractivity (Wildman–Crippen MR) is 75.1 cm³/mol. The van der Waals surface area contributed by atoms with Crippen molar-refractivity contribution in [1.29, 1.82) is 0 Å². The van der Waals surface area contributed by atoms with Crippen LogP contribution in [0.1, 0.15) is 0 Å². The van der Waals surface area contributed by atoms with E-state index in [-0.39, 0.29) is 0 Å². The van der Waals surface area contributed by atoms with Crippen LogP contribution >= 0.6 is 15.9 Å². The van der Waals surface area contributed by atoms with Crippen molar-refractivity contribution >= 4 is 21.6 Å². The minimum absolute atomic E-state index is 0.398. The van der Waals surface area contributed by atoms with Crippen LogP contribution in [0.4, 0.5) is 5.69 Å². The normalized spacial score (nSPS) is 10.6. The van der Waals surface area contributed by atoms with Crippen molar-refractivity contribution < 1.29 is 4.52 Å². The molecule has 0 amide bonds. The summed E-state index contributed by atoms with van der Waals surface area (Å²) >= 11 is 3.41. The van der Waals surface area contributed by atoms with E-state index in [0.717, 1.165) is 10.0 Å². The number of rotatable bonds is 2. The first-order chi connectivity index (χ1) is 9.22. The van der Waals surface area contributed by atoms with Gasteiger partial charge >= 0.3 is 0 Å². The molecule has 3 rings (SSSR count). The molecule has 6 heteroatoms. The van der Waals surface area contributed by atoms with Crippen LogP contribution in [0.5, 0.6) is 0 Å². The van der Waals surface area contributed by atoms with Gasteiger partial charge in [-0.1, -0.05) is 33.2 Å². The fourth-order valence-electron chi connectivity index (χ4n) is 1.66. The Morgan fingerprint density at radius 2 is 2.00 bits per heavy atom. The third-order valence-electron chi connectivity index (χ3n) is 2.52. The average Bonchev–Trinajstić information content (AvgIpc) is 2.88. The van der Waals surface area contributed by atoms with Crippen molar-refractivity contribution in [2.45, 2.75) is 0 Å². The van der Waals surface area contributed by atoms with E-state index in [4.69, 9.17) is 10.3 Å². The Morgan fingerprint density at radius 3 is 2.79 bits per heavy atom. The molecule has 0 bridgehead atoms. The zero-order valence-electron chi connectivity index (χ0n) is 9.75. The SMILES string of the molecule is Nc1cncc(-c2nc(-c3cccc(Br)c3)no2)c1. The Morgan fingerprint density at radius 1 is 1.11 bits per heavy atom. The summed E-state index contributed by atoms with van der Waals surface area (Å²) < 4.78 is 6.19. The lowest BCUT2D eigenvalue weighted by molar-refractivity contribution is 0.432. The lowest BCUT2D eigenvalue weighted by Gasteiger charge is -1.95. The van der Waals surface area contributed by atoms with E-state index in [1.54, 1.807) is 18.5 Å². The van der Waals surface area contributed by atoms with Crippen molar-refractivity contribution in [3.05, 3.63) is 47.2 Å². The molecular weight excluding hydrogens is 308 g/mol. The van der Waals surface area contributed by atoms with Crippen LogP contribution in [-0.2, 0) is 0 Å². The highest BCUT2D eigenvalue weighted by atomic mass is 79.9. The molecule has 2 N–H and O–H groups in total. The van der Waals surface area contributed by atoms with Crippen molar-refractivity contribution in [1.82, 2.24) is 15.1 Å². The Hall–Kier alpha value is -2.21. The monoisotopic (exact) mass is 316 g/mol. The van der Waals surface area contributed by atoms with Gasteiger partial charge in [-0.2, -0.15) is 4.98 Å². The minimum Gasteiger partial charge on any atom is -0.397 e. The van der Waals surface area contributed by atoms with Gasteiger partial charge in [0.2, 0.25) is 5.82 Å². The highest BCUT2D eigenvalue weighted by molar-refractivity contribution is 9.10. The van der Waals surface area contributed by atoms with Crippen molar-refractivity contribution in [2.75, 3.05) is 5.73 Å². The summed E-state index contributed by atoms with van der Waals surface area (Å²) in [5, 5.41) is 3.96. The van der Waals surface area contributed by atoms with Crippen LogP contribution < -0.4 is 5.73 Å². The number of anilines is 1. The molecule has 2 heterocycles. The molecule has 0 fully saturated rings. The highest BCUT2D eigenvalue weighted by Gasteiger charge is 2.11. The van der Waals surface area contributed by atoms with Gasteiger partial charge in [0.1, 0.15) is 0 Å². The number of hydrogen-bond acceptors (Lipinski definition) is 5. The number of pyridine rings is 1. The van der Waals surface area contributed by atoms with Gasteiger partial charge in [-0.3, -0.25) is 4.98 Å². The van der Waals surface area contributed by atoms with E-state index in [0.29, 0.717) is 23.0 Å². The minimum atomic E-state index is 0.398.